The molecule has 0 unspecified atom stereocenters. The quantitative estimate of drug-likeness (QED) is 0.418. The Morgan fingerprint density at radius 1 is 1.06 bits per heavy atom. The molecule has 156 valence electrons. The summed E-state index contributed by atoms with van der Waals surface area (Å²) < 4.78 is 6.70. The van der Waals surface area contributed by atoms with Crippen molar-refractivity contribution in [1.82, 2.24) is 15.0 Å². The Morgan fingerprint density at radius 3 is 2.45 bits per heavy atom. The van der Waals surface area contributed by atoms with Crippen molar-refractivity contribution in [3.05, 3.63) is 60.9 Å². The highest BCUT2D eigenvalue weighted by Gasteiger charge is 2.45. The number of anilines is 2. The van der Waals surface area contributed by atoms with Crippen LogP contribution in [0.4, 0.5) is 10.8 Å². The first-order valence-corrected chi connectivity index (χ1v) is 10.8. The Hall–Kier alpha value is -3.52. The Morgan fingerprint density at radius 2 is 1.81 bits per heavy atom. The van der Waals surface area contributed by atoms with Crippen LogP contribution in [0.2, 0.25) is 0 Å². The van der Waals surface area contributed by atoms with Crippen molar-refractivity contribution in [3.63, 3.8) is 0 Å². The van der Waals surface area contributed by atoms with Crippen LogP contribution >= 0.6 is 11.3 Å². The number of thiazole rings is 1. The van der Waals surface area contributed by atoms with Gasteiger partial charge in [0.25, 0.3) is 0 Å². The molecule has 0 amide bonds. The van der Waals surface area contributed by atoms with E-state index in [-0.39, 0.29) is 12.6 Å². The number of fused-ring (bicyclic) bond motifs is 1. The number of carboxylic acids is 1. The molecule has 1 aliphatic carbocycles. The molecule has 7 nitrogen and oxygen atoms in total. The van der Waals surface area contributed by atoms with Crippen LogP contribution in [-0.2, 0) is 4.79 Å². The maximum Gasteiger partial charge on any atom is 0.316 e. The van der Waals surface area contributed by atoms with E-state index < -0.39 is 11.4 Å². The zero-order valence-electron chi connectivity index (χ0n) is 16.6. The molecule has 0 atom stereocenters. The van der Waals surface area contributed by atoms with Crippen LogP contribution in [0.1, 0.15) is 19.3 Å². The lowest BCUT2D eigenvalue weighted by Crippen LogP contribution is -2.43. The average Bonchev–Trinajstić information content (AvgIpc) is 3.16. The molecule has 2 N–H and O–H groups in total. The predicted octanol–water partition coefficient (Wildman–Crippen LogP) is 5.13. The van der Waals surface area contributed by atoms with E-state index in [1.807, 2.05) is 42.5 Å². The van der Waals surface area contributed by atoms with Crippen molar-refractivity contribution in [3.8, 4) is 17.1 Å². The number of aliphatic carboxylic acids is 1. The fourth-order valence-corrected chi connectivity index (χ4v) is 4.45. The first kappa shape index (κ1) is 19.4. The third-order valence-corrected chi connectivity index (χ3v) is 6.59. The molecule has 2 aromatic heterocycles. The van der Waals surface area contributed by atoms with Gasteiger partial charge in [-0.15, -0.1) is 0 Å². The van der Waals surface area contributed by atoms with Gasteiger partial charge in [0.05, 0.1) is 10.2 Å². The van der Waals surface area contributed by atoms with Gasteiger partial charge < -0.3 is 15.2 Å². The first-order chi connectivity index (χ1) is 15.1. The Labute approximate surface area is 182 Å². The minimum absolute atomic E-state index is 0.105. The fourth-order valence-electron chi connectivity index (χ4n) is 3.56. The second kappa shape index (κ2) is 7.96. The summed E-state index contributed by atoms with van der Waals surface area (Å²) in [6.45, 7) is 0.105. The molecule has 31 heavy (non-hydrogen) atoms. The van der Waals surface area contributed by atoms with Crippen molar-refractivity contribution in [2.45, 2.75) is 19.3 Å². The summed E-state index contributed by atoms with van der Waals surface area (Å²) in [7, 11) is 0. The zero-order valence-corrected chi connectivity index (χ0v) is 17.4. The number of aromatic nitrogens is 3. The molecule has 2 heterocycles. The van der Waals surface area contributed by atoms with Crippen molar-refractivity contribution in [2.75, 3.05) is 11.9 Å². The first-order valence-electron chi connectivity index (χ1n) is 10.0. The van der Waals surface area contributed by atoms with Crippen molar-refractivity contribution < 1.29 is 14.6 Å². The molecule has 0 aliphatic heterocycles. The van der Waals surface area contributed by atoms with Gasteiger partial charge in [-0.3, -0.25) is 4.79 Å². The lowest BCUT2D eigenvalue weighted by atomic mass is 9.69. The smallest absolute Gasteiger partial charge is 0.316 e. The second-order valence-corrected chi connectivity index (χ2v) is 8.70. The maximum atomic E-state index is 11.4. The number of benzene rings is 2. The van der Waals surface area contributed by atoms with Crippen LogP contribution in [0.15, 0.2) is 60.9 Å². The molecule has 5 rings (SSSR count). The third-order valence-electron chi connectivity index (χ3n) is 5.63. The predicted molar refractivity (Wildman–Crippen MR) is 120 cm³/mol. The number of rotatable bonds is 7. The lowest BCUT2D eigenvalue weighted by Gasteiger charge is -2.36. The van der Waals surface area contributed by atoms with E-state index in [0.717, 1.165) is 38.6 Å². The number of ether oxygens (including phenoxy) is 1. The molecular weight excluding hydrogens is 412 g/mol. The summed E-state index contributed by atoms with van der Waals surface area (Å²) in [5, 5.41) is 13.6. The largest absolute Gasteiger partial charge is 0.481 e. The molecule has 0 bridgehead atoms. The van der Waals surface area contributed by atoms with Crippen LogP contribution in [0, 0.1) is 5.41 Å². The minimum atomic E-state index is -0.810. The second-order valence-electron chi connectivity index (χ2n) is 7.67. The van der Waals surface area contributed by atoms with Gasteiger partial charge in [0.1, 0.15) is 12.0 Å². The highest BCUT2D eigenvalue weighted by Crippen LogP contribution is 2.41. The molecule has 0 radical (unpaired) electrons. The maximum absolute atomic E-state index is 11.4. The normalized spacial score (nSPS) is 14.7. The zero-order chi connectivity index (χ0) is 21.3. The van der Waals surface area contributed by atoms with Gasteiger partial charge in [0.15, 0.2) is 5.13 Å². The van der Waals surface area contributed by atoms with E-state index in [2.05, 4.69) is 26.3 Å². The summed E-state index contributed by atoms with van der Waals surface area (Å²) in [6.07, 6.45) is 5.56. The van der Waals surface area contributed by atoms with Crippen LogP contribution in [0.25, 0.3) is 21.3 Å². The minimum Gasteiger partial charge on any atom is -0.481 e. The molecule has 8 heteroatoms. The number of nitrogens with one attached hydrogen (secondary N) is 1. The van der Waals surface area contributed by atoms with Gasteiger partial charge in [-0.1, -0.05) is 42.0 Å². The molecule has 1 fully saturated rings. The van der Waals surface area contributed by atoms with Crippen molar-refractivity contribution in [2.24, 2.45) is 5.41 Å². The molecule has 0 spiro atoms. The van der Waals surface area contributed by atoms with Gasteiger partial charge in [0.2, 0.25) is 0 Å². The number of carboxylic acid groups (broad SMARTS) is 1. The van der Waals surface area contributed by atoms with E-state index in [0.29, 0.717) is 12.8 Å². The molecule has 2 aromatic carbocycles. The summed E-state index contributed by atoms with van der Waals surface area (Å²) in [4.78, 5) is 24.5. The molecular formula is C23H20N4O3S. The van der Waals surface area contributed by atoms with Crippen LogP contribution in [0.3, 0.4) is 0 Å². The topological polar surface area (TPSA) is 97.2 Å². The van der Waals surface area contributed by atoms with E-state index in [9.17, 15) is 9.90 Å². The highest BCUT2D eigenvalue weighted by atomic mass is 32.1. The molecule has 1 aliphatic rings. The Kier molecular flexibility index (Phi) is 4.99. The summed E-state index contributed by atoms with van der Waals surface area (Å²) >= 11 is 1.62. The summed E-state index contributed by atoms with van der Waals surface area (Å²) in [5.41, 5.74) is 2.98. The van der Waals surface area contributed by atoms with Crippen LogP contribution in [-0.4, -0.2) is 32.6 Å². The third kappa shape index (κ3) is 3.94. The number of para-hydroxylation sites is 1. The Bertz CT molecular complexity index is 1180. The number of hydrogen-bond acceptors (Lipinski definition) is 7. The molecule has 0 saturated heterocycles. The van der Waals surface area contributed by atoms with Crippen LogP contribution in [0.5, 0.6) is 6.01 Å². The SMILES string of the molecule is O=C(O)C1(COc2ncc(-c3ccc(Nc4nc5ccccc5s4)cc3)cn2)CCC1. The number of nitrogens with zero attached hydrogens (tertiary/aromatic N) is 3. The average molecular weight is 433 g/mol. The fraction of sp³-hybridized carbons (Fsp3) is 0.217. The van der Waals surface area contributed by atoms with Gasteiger partial charge in [-0.2, -0.15) is 0 Å². The Balaban J connectivity index is 1.23. The standard InChI is InChI=1S/C23H20N4O3S/c28-20(29)23(10-3-11-23)14-30-21-24-12-16(13-25-21)15-6-8-17(9-7-15)26-22-27-18-4-1-2-5-19(18)31-22/h1-2,4-9,12-13H,3,10-11,14H2,(H,26,27)(H,28,29). The van der Waals surface area contributed by atoms with Gasteiger partial charge in [-0.25, -0.2) is 15.0 Å². The van der Waals surface area contributed by atoms with Crippen molar-refractivity contribution in [1.29, 1.82) is 0 Å². The highest BCUT2D eigenvalue weighted by molar-refractivity contribution is 7.22. The lowest BCUT2D eigenvalue weighted by molar-refractivity contribution is -0.157. The number of hydrogen-bond donors (Lipinski definition) is 2. The van der Waals surface area contributed by atoms with Crippen molar-refractivity contribution >= 4 is 38.3 Å². The van der Waals surface area contributed by atoms with E-state index >= 15 is 0 Å². The summed E-state index contributed by atoms with van der Waals surface area (Å²) in [5.74, 6) is -0.810. The van der Waals surface area contributed by atoms with E-state index in [4.69, 9.17) is 4.74 Å². The van der Waals surface area contributed by atoms with Gasteiger partial charge in [0, 0.05) is 23.6 Å². The molecule has 4 aromatic rings. The van der Waals surface area contributed by atoms with E-state index in [1.54, 1.807) is 23.7 Å². The van der Waals surface area contributed by atoms with Gasteiger partial charge >= 0.3 is 12.0 Å². The molecule has 1 saturated carbocycles. The monoisotopic (exact) mass is 432 g/mol. The summed E-state index contributed by atoms with van der Waals surface area (Å²) in [6, 6.07) is 16.2. The van der Waals surface area contributed by atoms with Gasteiger partial charge in [-0.05, 0) is 42.7 Å². The van der Waals surface area contributed by atoms with Crippen LogP contribution < -0.4 is 10.1 Å². The van der Waals surface area contributed by atoms with E-state index in [1.165, 1.54) is 0 Å². The number of carbonyl (C=O) groups is 1.